The molecule has 0 bridgehead atoms. The molecule has 110 valence electrons. The summed E-state index contributed by atoms with van der Waals surface area (Å²) in [7, 11) is 0. The van der Waals surface area contributed by atoms with Crippen molar-refractivity contribution < 1.29 is 4.42 Å². The van der Waals surface area contributed by atoms with Crippen LogP contribution in [0.15, 0.2) is 29.0 Å². The van der Waals surface area contributed by atoms with Crippen LogP contribution < -0.4 is 11.3 Å². The molecule has 2 heterocycles. The maximum Gasteiger partial charge on any atom is 0.197 e. The Labute approximate surface area is 124 Å². The van der Waals surface area contributed by atoms with Crippen LogP contribution in [0.5, 0.6) is 0 Å². The van der Waals surface area contributed by atoms with Gasteiger partial charge in [-0.15, -0.1) is 0 Å². The summed E-state index contributed by atoms with van der Waals surface area (Å²) >= 11 is 5.99. The van der Waals surface area contributed by atoms with Crippen molar-refractivity contribution in [3.8, 4) is 0 Å². The van der Waals surface area contributed by atoms with Crippen LogP contribution in [0.25, 0.3) is 0 Å². The maximum absolute atomic E-state index is 5.99. The van der Waals surface area contributed by atoms with E-state index < -0.39 is 0 Å². The number of nitrogens with zero attached hydrogens (tertiary/aromatic N) is 2. The van der Waals surface area contributed by atoms with Gasteiger partial charge >= 0.3 is 0 Å². The molecule has 1 atom stereocenters. The lowest BCUT2D eigenvalue weighted by Crippen LogP contribution is -2.29. The molecule has 5 nitrogen and oxygen atoms in total. The zero-order chi connectivity index (χ0) is 14.5. The van der Waals surface area contributed by atoms with Crippen LogP contribution in [0.1, 0.15) is 50.0 Å². The van der Waals surface area contributed by atoms with Crippen molar-refractivity contribution in [3.05, 3.63) is 41.1 Å². The molecular weight excluding hydrogens is 276 g/mol. The Balaban J connectivity index is 2.11. The number of nitrogens with two attached hydrogens (primary N) is 1. The minimum Gasteiger partial charge on any atom is -0.453 e. The molecule has 20 heavy (non-hydrogen) atoms. The first kappa shape index (κ1) is 15.1. The fourth-order valence-corrected chi connectivity index (χ4v) is 2.62. The third-order valence-electron chi connectivity index (χ3n) is 3.62. The molecule has 2 aromatic rings. The standard InChI is InChI=1S/C14H21ClN4O/c1-3-11(4-2)19-7-5-10(18-19)9-13(17-16)12-6-8-20-14(12)15/h5-8,11,13,17H,3-4,9,16H2,1-2H3. The lowest BCUT2D eigenvalue weighted by atomic mass is 10.1. The van der Waals surface area contributed by atoms with E-state index >= 15 is 0 Å². The normalized spacial score (nSPS) is 13.1. The minimum absolute atomic E-state index is 0.105. The number of hydrogen-bond acceptors (Lipinski definition) is 4. The number of nitrogens with one attached hydrogen (secondary N) is 1. The fraction of sp³-hybridized carbons (Fsp3) is 0.500. The average Bonchev–Trinajstić information content (AvgIpc) is 3.07. The summed E-state index contributed by atoms with van der Waals surface area (Å²) in [6.45, 7) is 4.34. The van der Waals surface area contributed by atoms with Crippen LogP contribution in [0.4, 0.5) is 0 Å². The van der Waals surface area contributed by atoms with E-state index in [0.29, 0.717) is 17.7 Å². The van der Waals surface area contributed by atoms with Gasteiger partial charge in [-0.3, -0.25) is 16.0 Å². The predicted molar refractivity (Wildman–Crippen MR) is 79.3 cm³/mol. The summed E-state index contributed by atoms with van der Waals surface area (Å²) in [6.07, 6.45) is 6.40. The van der Waals surface area contributed by atoms with Crippen molar-refractivity contribution in [2.45, 2.75) is 45.2 Å². The van der Waals surface area contributed by atoms with Crippen molar-refractivity contribution >= 4 is 11.6 Å². The van der Waals surface area contributed by atoms with Crippen LogP contribution in [0, 0.1) is 0 Å². The molecule has 2 aromatic heterocycles. The van der Waals surface area contributed by atoms with E-state index in [0.717, 1.165) is 24.1 Å². The summed E-state index contributed by atoms with van der Waals surface area (Å²) in [5.74, 6) is 5.61. The second-order valence-corrected chi connectivity index (χ2v) is 5.17. The first-order valence-corrected chi connectivity index (χ1v) is 7.30. The highest BCUT2D eigenvalue weighted by Crippen LogP contribution is 2.26. The van der Waals surface area contributed by atoms with Gasteiger partial charge in [0.05, 0.1) is 24.0 Å². The van der Waals surface area contributed by atoms with Gasteiger partial charge in [0.25, 0.3) is 0 Å². The Morgan fingerprint density at radius 1 is 1.40 bits per heavy atom. The second-order valence-electron chi connectivity index (χ2n) is 4.83. The number of aromatic nitrogens is 2. The van der Waals surface area contributed by atoms with Crippen molar-refractivity contribution in [1.29, 1.82) is 0 Å². The number of rotatable bonds is 7. The van der Waals surface area contributed by atoms with Gasteiger partial charge in [0.15, 0.2) is 5.22 Å². The van der Waals surface area contributed by atoms with Gasteiger partial charge in [0, 0.05) is 18.2 Å². The summed E-state index contributed by atoms with van der Waals surface area (Å²) in [6, 6.07) is 4.19. The topological polar surface area (TPSA) is 69.0 Å². The molecule has 0 amide bonds. The third kappa shape index (κ3) is 3.23. The largest absolute Gasteiger partial charge is 0.453 e. The molecule has 2 rings (SSSR count). The van der Waals surface area contributed by atoms with Gasteiger partial charge in [-0.25, -0.2) is 0 Å². The Kier molecular flexibility index (Phi) is 5.23. The lowest BCUT2D eigenvalue weighted by Gasteiger charge is -2.14. The zero-order valence-electron chi connectivity index (χ0n) is 11.8. The molecule has 6 heteroatoms. The van der Waals surface area contributed by atoms with Crippen LogP contribution in [0.3, 0.4) is 0 Å². The van der Waals surface area contributed by atoms with Crippen LogP contribution in [-0.2, 0) is 6.42 Å². The average molecular weight is 297 g/mol. The summed E-state index contributed by atoms with van der Waals surface area (Å²) < 4.78 is 7.14. The van der Waals surface area contributed by atoms with Crippen molar-refractivity contribution in [1.82, 2.24) is 15.2 Å². The van der Waals surface area contributed by atoms with Crippen molar-refractivity contribution in [2.24, 2.45) is 5.84 Å². The van der Waals surface area contributed by atoms with Crippen molar-refractivity contribution in [2.75, 3.05) is 0 Å². The molecule has 0 aliphatic carbocycles. The molecule has 3 N–H and O–H groups in total. The SMILES string of the molecule is CCC(CC)n1ccc(CC(NN)c2ccoc2Cl)n1. The third-order valence-corrected chi connectivity index (χ3v) is 3.92. The van der Waals surface area contributed by atoms with Gasteiger partial charge in [-0.05, 0) is 36.6 Å². The molecule has 0 spiro atoms. The zero-order valence-corrected chi connectivity index (χ0v) is 12.6. The summed E-state index contributed by atoms with van der Waals surface area (Å²) in [5.41, 5.74) is 4.60. The quantitative estimate of drug-likeness (QED) is 0.608. The Bertz CT molecular complexity index is 533. The molecule has 0 saturated heterocycles. The van der Waals surface area contributed by atoms with Crippen LogP contribution >= 0.6 is 11.6 Å². The molecule has 1 unspecified atom stereocenters. The summed E-state index contributed by atoms with van der Waals surface area (Å²) in [4.78, 5) is 0. The van der Waals surface area contributed by atoms with E-state index in [1.54, 1.807) is 6.26 Å². The first-order valence-electron chi connectivity index (χ1n) is 6.92. The van der Waals surface area contributed by atoms with E-state index in [-0.39, 0.29) is 6.04 Å². The van der Waals surface area contributed by atoms with Gasteiger partial charge < -0.3 is 4.42 Å². The molecular formula is C14H21ClN4O. The van der Waals surface area contributed by atoms with Crippen molar-refractivity contribution in [3.63, 3.8) is 0 Å². The smallest absolute Gasteiger partial charge is 0.197 e. The highest BCUT2D eigenvalue weighted by atomic mass is 35.5. The minimum atomic E-state index is -0.105. The summed E-state index contributed by atoms with van der Waals surface area (Å²) in [5, 5.41) is 4.99. The Morgan fingerprint density at radius 3 is 2.70 bits per heavy atom. The Morgan fingerprint density at radius 2 is 2.15 bits per heavy atom. The predicted octanol–water partition coefficient (Wildman–Crippen LogP) is 3.24. The first-order chi connectivity index (χ1) is 9.69. The number of halogens is 1. The Hall–Kier alpha value is -1.30. The van der Waals surface area contributed by atoms with Gasteiger partial charge in [0.1, 0.15) is 0 Å². The molecule has 0 fully saturated rings. The monoisotopic (exact) mass is 296 g/mol. The van der Waals surface area contributed by atoms with E-state index in [2.05, 4.69) is 24.4 Å². The van der Waals surface area contributed by atoms with Gasteiger partial charge in [-0.1, -0.05) is 13.8 Å². The highest BCUT2D eigenvalue weighted by Gasteiger charge is 2.18. The lowest BCUT2D eigenvalue weighted by molar-refractivity contribution is 0.422. The number of hydrazine groups is 1. The molecule has 0 aromatic carbocycles. The second kappa shape index (κ2) is 6.92. The van der Waals surface area contributed by atoms with Crippen LogP contribution in [0.2, 0.25) is 5.22 Å². The van der Waals surface area contributed by atoms with E-state index in [4.69, 9.17) is 21.9 Å². The number of furan rings is 1. The van der Waals surface area contributed by atoms with E-state index in [1.807, 2.05) is 23.0 Å². The molecule has 0 radical (unpaired) electrons. The molecule has 0 aliphatic heterocycles. The molecule has 0 aliphatic rings. The van der Waals surface area contributed by atoms with Gasteiger partial charge in [0.2, 0.25) is 0 Å². The highest BCUT2D eigenvalue weighted by molar-refractivity contribution is 6.29. The molecule has 0 saturated carbocycles. The van der Waals surface area contributed by atoms with E-state index in [1.165, 1.54) is 0 Å². The van der Waals surface area contributed by atoms with E-state index in [9.17, 15) is 0 Å². The van der Waals surface area contributed by atoms with Crippen LogP contribution in [-0.4, -0.2) is 9.78 Å². The number of hydrogen-bond donors (Lipinski definition) is 2. The van der Waals surface area contributed by atoms with Gasteiger partial charge in [-0.2, -0.15) is 5.10 Å². The fourth-order valence-electron chi connectivity index (χ4n) is 2.37. The maximum atomic E-state index is 5.99.